The van der Waals surface area contributed by atoms with Crippen molar-refractivity contribution in [2.24, 2.45) is 5.92 Å². The van der Waals surface area contributed by atoms with E-state index >= 15 is 0 Å². The maximum Gasteiger partial charge on any atom is 0.329 e. The number of carbonyl (C=O) groups is 2. The third-order valence-electron chi connectivity index (χ3n) is 5.72. The molecule has 0 aliphatic carbocycles. The number of amides is 3. The van der Waals surface area contributed by atoms with Gasteiger partial charge in [0.15, 0.2) is 5.82 Å². The normalized spacial score (nSPS) is 18.2. The zero-order valence-electron chi connectivity index (χ0n) is 17.2. The van der Waals surface area contributed by atoms with Gasteiger partial charge in [0.1, 0.15) is 17.3 Å². The molecular weight excluding hydrogens is 387 g/mol. The van der Waals surface area contributed by atoms with E-state index in [1.807, 2.05) is 26.8 Å². The Morgan fingerprint density at radius 2 is 2.00 bits per heavy atom. The molecule has 2 aromatic heterocycles. The first kappa shape index (κ1) is 20.1. The molecule has 2 aliphatic rings. The second-order valence-corrected chi connectivity index (χ2v) is 8.10. The van der Waals surface area contributed by atoms with Gasteiger partial charge in [0.25, 0.3) is 5.91 Å². The summed E-state index contributed by atoms with van der Waals surface area (Å²) in [5.41, 5.74) is 1.08. The van der Waals surface area contributed by atoms with Gasteiger partial charge in [0.05, 0.1) is 17.9 Å². The molecule has 2 aliphatic heterocycles. The number of hydrogen-bond donors (Lipinski definition) is 2. The minimum absolute atomic E-state index is 0.000727. The summed E-state index contributed by atoms with van der Waals surface area (Å²) in [7, 11) is 0. The highest BCUT2D eigenvalue weighted by Crippen LogP contribution is 2.39. The lowest BCUT2D eigenvalue weighted by Crippen LogP contribution is -2.48. The number of hydrogen-bond acceptors (Lipinski definition) is 5. The Labute approximate surface area is 174 Å². The van der Waals surface area contributed by atoms with Crippen LogP contribution in [0, 0.1) is 11.7 Å². The molecular formula is C21H25FN6O2. The van der Waals surface area contributed by atoms with Gasteiger partial charge in [-0.3, -0.25) is 15.0 Å². The summed E-state index contributed by atoms with van der Waals surface area (Å²) >= 11 is 0. The molecule has 2 unspecified atom stereocenters. The lowest BCUT2D eigenvalue weighted by molar-refractivity contribution is 0.0925. The average molecular weight is 412 g/mol. The topological polar surface area (TPSA) is 90.5 Å². The molecule has 1 saturated heterocycles. The molecule has 2 atom stereocenters. The molecule has 158 valence electrons. The number of nitrogens with zero attached hydrogens (tertiary/aromatic N) is 4. The van der Waals surface area contributed by atoms with Gasteiger partial charge in [-0.25, -0.2) is 19.2 Å². The number of fused-ring (bicyclic) bond motifs is 4. The van der Waals surface area contributed by atoms with Crippen molar-refractivity contribution in [3.05, 3.63) is 42.0 Å². The summed E-state index contributed by atoms with van der Waals surface area (Å²) in [4.78, 5) is 38.0. The van der Waals surface area contributed by atoms with Crippen molar-refractivity contribution >= 4 is 29.3 Å². The standard InChI is InChI=1S/C21H25FN6O2/c1-12(2)13(3)24-20(29)16-5-6-17-19(25-16)28(15-8-9-27(17)11-15)21(30)26-18-7-4-14(22)10-23-18/h4-7,10,12-13,15H,8-9,11H2,1-3H3,(H,24,29)(H,23,26,30). The largest absolute Gasteiger partial charge is 0.366 e. The van der Waals surface area contributed by atoms with Crippen molar-refractivity contribution in [2.45, 2.75) is 39.3 Å². The van der Waals surface area contributed by atoms with E-state index < -0.39 is 11.8 Å². The number of urea groups is 1. The minimum Gasteiger partial charge on any atom is -0.366 e. The molecule has 4 heterocycles. The predicted octanol–water partition coefficient (Wildman–Crippen LogP) is 3.02. The lowest BCUT2D eigenvalue weighted by atomic mass is 10.1. The van der Waals surface area contributed by atoms with Crippen LogP contribution in [0.5, 0.6) is 0 Å². The van der Waals surface area contributed by atoms with Crippen LogP contribution in [0.3, 0.4) is 0 Å². The number of anilines is 3. The molecule has 30 heavy (non-hydrogen) atoms. The molecule has 0 aromatic carbocycles. The molecule has 4 rings (SSSR count). The Morgan fingerprint density at radius 1 is 1.20 bits per heavy atom. The first-order valence-corrected chi connectivity index (χ1v) is 10.1. The predicted molar refractivity (Wildman–Crippen MR) is 112 cm³/mol. The van der Waals surface area contributed by atoms with E-state index in [9.17, 15) is 14.0 Å². The summed E-state index contributed by atoms with van der Waals surface area (Å²) < 4.78 is 13.1. The third kappa shape index (κ3) is 3.79. The van der Waals surface area contributed by atoms with Crippen LogP contribution in [0.1, 0.15) is 37.7 Å². The van der Waals surface area contributed by atoms with Crippen LogP contribution >= 0.6 is 0 Å². The maximum absolute atomic E-state index is 13.1. The highest BCUT2D eigenvalue weighted by molar-refractivity contribution is 6.05. The first-order chi connectivity index (χ1) is 14.3. The van der Waals surface area contributed by atoms with Crippen molar-refractivity contribution in [3.63, 3.8) is 0 Å². The van der Waals surface area contributed by atoms with Gasteiger partial charge in [-0.1, -0.05) is 13.8 Å². The second-order valence-electron chi connectivity index (χ2n) is 8.10. The maximum atomic E-state index is 13.1. The highest BCUT2D eigenvalue weighted by atomic mass is 19.1. The van der Waals surface area contributed by atoms with Crippen LogP contribution in [-0.4, -0.2) is 47.1 Å². The van der Waals surface area contributed by atoms with Gasteiger partial charge in [-0.2, -0.15) is 0 Å². The summed E-state index contributed by atoms with van der Waals surface area (Å²) in [6.45, 7) is 7.53. The van der Waals surface area contributed by atoms with E-state index in [0.29, 0.717) is 18.3 Å². The van der Waals surface area contributed by atoms with E-state index in [-0.39, 0.29) is 29.5 Å². The van der Waals surface area contributed by atoms with E-state index in [2.05, 4.69) is 25.5 Å². The summed E-state index contributed by atoms with van der Waals surface area (Å²) in [6.07, 6.45) is 1.85. The molecule has 2 aromatic rings. The Hall–Kier alpha value is -3.23. The summed E-state index contributed by atoms with van der Waals surface area (Å²) in [5, 5.41) is 5.66. The molecule has 2 bridgehead atoms. The quantitative estimate of drug-likeness (QED) is 0.806. The number of aromatic nitrogens is 2. The zero-order chi connectivity index (χ0) is 21.4. The van der Waals surface area contributed by atoms with Crippen LogP contribution in [0.2, 0.25) is 0 Å². The number of nitrogens with one attached hydrogen (secondary N) is 2. The molecule has 3 amide bonds. The number of carbonyl (C=O) groups excluding carboxylic acids is 2. The number of halogens is 1. The highest BCUT2D eigenvalue weighted by Gasteiger charge is 2.40. The molecule has 0 saturated carbocycles. The van der Waals surface area contributed by atoms with Crippen molar-refractivity contribution in [2.75, 3.05) is 28.2 Å². The fourth-order valence-corrected chi connectivity index (χ4v) is 3.66. The summed E-state index contributed by atoms with van der Waals surface area (Å²) in [6, 6.07) is 5.72. The fourth-order valence-electron chi connectivity index (χ4n) is 3.66. The van der Waals surface area contributed by atoms with Crippen LogP contribution in [0.15, 0.2) is 30.5 Å². The Morgan fingerprint density at radius 3 is 2.70 bits per heavy atom. The number of pyridine rings is 2. The van der Waals surface area contributed by atoms with Crippen molar-refractivity contribution < 1.29 is 14.0 Å². The van der Waals surface area contributed by atoms with Crippen LogP contribution in [-0.2, 0) is 0 Å². The lowest BCUT2D eigenvalue weighted by Gasteiger charge is -2.35. The van der Waals surface area contributed by atoms with Gasteiger partial charge in [0.2, 0.25) is 0 Å². The zero-order valence-corrected chi connectivity index (χ0v) is 17.2. The molecule has 8 nitrogen and oxygen atoms in total. The van der Waals surface area contributed by atoms with Gasteiger partial charge in [-0.15, -0.1) is 0 Å². The van der Waals surface area contributed by atoms with Crippen LogP contribution in [0.25, 0.3) is 0 Å². The van der Waals surface area contributed by atoms with E-state index in [4.69, 9.17) is 0 Å². The molecule has 1 fully saturated rings. The molecule has 0 spiro atoms. The number of rotatable bonds is 4. The molecule has 2 N–H and O–H groups in total. The van der Waals surface area contributed by atoms with Crippen molar-refractivity contribution in [1.82, 2.24) is 15.3 Å². The average Bonchev–Trinajstić information content (AvgIpc) is 3.13. The molecule has 9 heteroatoms. The fraction of sp³-hybridized carbons (Fsp3) is 0.429. The van der Waals surface area contributed by atoms with Crippen molar-refractivity contribution in [3.8, 4) is 0 Å². The smallest absolute Gasteiger partial charge is 0.329 e. The van der Waals surface area contributed by atoms with Gasteiger partial charge in [-0.05, 0) is 43.5 Å². The van der Waals surface area contributed by atoms with E-state index in [1.165, 1.54) is 12.1 Å². The van der Waals surface area contributed by atoms with Gasteiger partial charge < -0.3 is 10.2 Å². The van der Waals surface area contributed by atoms with Crippen LogP contribution < -0.4 is 20.4 Å². The van der Waals surface area contributed by atoms with E-state index in [0.717, 1.165) is 24.8 Å². The monoisotopic (exact) mass is 412 g/mol. The van der Waals surface area contributed by atoms with E-state index in [1.54, 1.807) is 11.0 Å². The first-order valence-electron chi connectivity index (χ1n) is 10.1. The second kappa shape index (κ2) is 7.89. The third-order valence-corrected chi connectivity index (χ3v) is 5.72. The Kier molecular flexibility index (Phi) is 5.27. The molecule has 0 radical (unpaired) electrons. The van der Waals surface area contributed by atoms with Crippen LogP contribution in [0.4, 0.5) is 26.5 Å². The Balaban J connectivity index is 1.62. The van der Waals surface area contributed by atoms with Gasteiger partial charge >= 0.3 is 6.03 Å². The Bertz CT molecular complexity index is 964. The van der Waals surface area contributed by atoms with Crippen molar-refractivity contribution in [1.29, 1.82) is 0 Å². The summed E-state index contributed by atoms with van der Waals surface area (Å²) in [5.74, 6) is 0.249. The van der Waals surface area contributed by atoms with Gasteiger partial charge in [0, 0.05) is 19.1 Å². The SMILES string of the molecule is CC(C)C(C)NC(=O)c1ccc2c(n1)N(C(=O)Nc1ccc(F)cn1)C1CCN2C1. The minimum atomic E-state index is -0.476.